The van der Waals surface area contributed by atoms with E-state index >= 15 is 0 Å². The molecule has 160 valence electrons. The number of hydrogen-bond donors (Lipinski definition) is 0. The number of benzene rings is 1. The van der Waals surface area contributed by atoms with Crippen molar-refractivity contribution < 1.29 is 13.2 Å². The Labute approximate surface area is 180 Å². The average Bonchev–Trinajstić information content (AvgIpc) is 3.40. The summed E-state index contributed by atoms with van der Waals surface area (Å²) in [7, 11) is -1.62. The van der Waals surface area contributed by atoms with Crippen molar-refractivity contribution in [1.82, 2.24) is 24.0 Å². The van der Waals surface area contributed by atoms with Crippen LogP contribution in [0.4, 0.5) is 0 Å². The predicted molar refractivity (Wildman–Crippen MR) is 115 cm³/mol. The third-order valence-corrected chi connectivity index (χ3v) is 7.93. The third-order valence-electron chi connectivity index (χ3n) is 5.37. The first-order valence-electron chi connectivity index (χ1n) is 9.80. The number of aromatic nitrogens is 4. The van der Waals surface area contributed by atoms with Gasteiger partial charge in [-0.05, 0) is 37.1 Å². The van der Waals surface area contributed by atoms with Gasteiger partial charge in [0.25, 0.3) is 0 Å². The summed E-state index contributed by atoms with van der Waals surface area (Å²) in [6, 6.07) is 6.27. The van der Waals surface area contributed by atoms with Crippen LogP contribution in [0.1, 0.15) is 35.6 Å². The van der Waals surface area contributed by atoms with E-state index in [9.17, 15) is 8.42 Å². The van der Waals surface area contributed by atoms with Crippen LogP contribution < -0.4 is 4.74 Å². The quantitative estimate of drug-likeness (QED) is 0.550. The molecule has 8 nitrogen and oxygen atoms in total. The van der Waals surface area contributed by atoms with E-state index in [4.69, 9.17) is 4.74 Å². The van der Waals surface area contributed by atoms with Crippen LogP contribution in [0.3, 0.4) is 0 Å². The number of hydrogen-bond acceptors (Lipinski definition) is 8. The smallest absolute Gasteiger partial charge is 0.188 e. The molecule has 1 unspecified atom stereocenters. The lowest BCUT2D eigenvalue weighted by atomic mass is 9.95. The standard InChI is InChI=1S/C20H25N5O3S2/c1-28-18-6-5-15(10-17(18)13-25-9-7-21-14-25)11-24-8-3-4-16(12-24)19-20(29-23-22-19)30(2,26)27/h5-7,9-10,14,16H,3-4,8,11-13H2,1-2H3. The lowest BCUT2D eigenvalue weighted by molar-refractivity contribution is 0.197. The van der Waals surface area contributed by atoms with E-state index in [-0.39, 0.29) is 5.92 Å². The third kappa shape index (κ3) is 4.71. The van der Waals surface area contributed by atoms with Gasteiger partial charge in [0.2, 0.25) is 0 Å². The summed E-state index contributed by atoms with van der Waals surface area (Å²) in [5, 5.41) is 4.16. The van der Waals surface area contributed by atoms with E-state index in [1.807, 2.05) is 16.8 Å². The molecule has 0 saturated carbocycles. The van der Waals surface area contributed by atoms with Crippen LogP contribution in [0, 0.1) is 0 Å². The summed E-state index contributed by atoms with van der Waals surface area (Å²) in [6.07, 6.45) is 8.65. The highest BCUT2D eigenvalue weighted by molar-refractivity contribution is 7.92. The minimum Gasteiger partial charge on any atom is -0.496 e. The Morgan fingerprint density at radius 1 is 1.30 bits per heavy atom. The second-order valence-corrected chi connectivity index (χ2v) is 10.6. The van der Waals surface area contributed by atoms with Crippen molar-refractivity contribution in [3.05, 3.63) is 53.7 Å². The maximum absolute atomic E-state index is 12.1. The molecular formula is C20H25N5O3S2. The number of sulfone groups is 1. The minimum atomic E-state index is -3.30. The Balaban J connectivity index is 1.50. The van der Waals surface area contributed by atoms with Gasteiger partial charge in [0, 0.05) is 54.8 Å². The van der Waals surface area contributed by atoms with Crippen molar-refractivity contribution in [1.29, 1.82) is 0 Å². The van der Waals surface area contributed by atoms with E-state index < -0.39 is 9.84 Å². The molecule has 3 aromatic rings. The van der Waals surface area contributed by atoms with Gasteiger partial charge in [-0.2, -0.15) is 0 Å². The SMILES string of the molecule is COc1ccc(CN2CCCC(c3nnsc3S(C)(=O)=O)C2)cc1Cn1ccnc1. The van der Waals surface area contributed by atoms with Gasteiger partial charge in [0.15, 0.2) is 14.0 Å². The van der Waals surface area contributed by atoms with Gasteiger partial charge in [-0.15, -0.1) is 5.10 Å². The second-order valence-electron chi connectivity index (χ2n) is 7.67. The Hall–Kier alpha value is -2.30. The molecule has 3 heterocycles. The molecule has 1 saturated heterocycles. The molecule has 1 atom stereocenters. The van der Waals surface area contributed by atoms with Crippen molar-refractivity contribution in [2.24, 2.45) is 0 Å². The topological polar surface area (TPSA) is 90.2 Å². The fourth-order valence-corrected chi connectivity index (χ4v) is 5.74. The van der Waals surface area contributed by atoms with Crippen molar-refractivity contribution >= 4 is 21.4 Å². The molecule has 1 fully saturated rings. The van der Waals surface area contributed by atoms with Gasteiger partial charge in [-0.25, -0.2) is 13.4 Å². The van der Waals surface area contributed by atoms with Crippen LogP contribution in [-0.4, -0.2) is 58.9 Å². The Morgan fingerprint density at radius 3 is 2.90 bits per heavy atom. The van der Waals surface area contributed by atoms with Crippen LogP contribution in [-0.2, 0) is 22.9 Å². The molecule has 10 heteroatoms. The molecule has 1 aromatic carbocycles. The van der Waals surface area contributed by atoms with Crippen LogP contribution in [0.5, 0.6) is 5.75 Å². The molecule has 0 bridgehead atoms. The highest BCUT2D eigenvalue weighted by atomic mass is 32.2. The molecule has 30 heavy (non-hydrogen) atoms. The Bertz CT molecular complexity index is 1100. The van der Waals surface area contributed by atoms with Crippen molar-refractivity contribution in [2.45, 2.75) is 36.1 Å². The summed E-state index contributed by atoms with van der Waals surface area (Å²) in [5.41, 5.74) is 2.93. The summed E-state index contributed by atoms with van der Waals surface area (Å²) >= 11 is 0.974. The van der Waals surface area contributed by atoms with Gasteiger partial charge in [-0.3, -0.25) is 4.90 Å². The maximum Gasteiger partial charge on any atom is 0.188 e. The average molecular weight is 448 g/mol. The molecule has 0 amide bonds. The molecule has 0 aliphatic carbocycles. The summed E-state index contributed by atoms with van der Waals surface area (Å²) < 4.78 is 35.9. The fourth-order valence-electron chi connectivity index (χ4n) is 4.01. The molecule has 0 spiro atoms. The van der Waals surface area contributed by atoms with Gasteiger partial charge >= 0.3 is 0 Å². The lowest BCUT2D eigenvalue weighted by Crippen LogP contribution is -2.34. The number of imidazole rings is 1. The van der Waals surface area contributed by atoms with Gasteiger partial charge < -0.3 is 9.30 Å². The number of piperidine rings is 1. The van der Waals surface area contributed by atoms with Gasteiger partial charge in [0.05, 0.1) is 25.7 Å². The second kappa shape index (κ2) is 8.83. The minimum absolute atomic E-state index is 0.0888. The van der Waals surface area contributed by atoms with E-state index in [1.165, 1.54) is 11.8 Å². The molecule has 1 aliphatic heterocycles. The van der Waals surface area contributed by atoms with E-state index in [2.05, 4.69) is 31.6 Å². The largest absolute Gasteiger partial charge is 0.496 e. The number of likely N-dealkylation sites (tertiary alicyclic amines) is 1. The zero-order valence-electron chi connectivity index (χ0n) is 17.1. The molecule has 4 rings (SSSR count). The molecule has 1 aliphatic rings. The van der Waals surface area contributed by atoms with E-state index in [0.29, 0.717) is 16.4 Å². The summed E-state index contributed by atoms with van der Waals surface area (Å²) in [6.45, 7) is 3.24. The first-order valence-corrected chi connectivity index (χ1v) is 12.5. The summed E-state index contributed by atoms with van der Waals surface area (Å²) in [5.74, 6) is 0.946. The zero-order chi connectivity index (χ0) is 21.1. The van der Waals surface area contributed by atoms with Gasteiger partial charge in [-0.1, -0.05) is 10.6 Å². The predicted octanol–water partition coefficient (Wildman–Crippen LogP) is 2.57. The monoisotopic (exact) mass is 447 g/mol. The van der Waals surface area contributed by atoms with Crippen LogP contribution >= 0.6 is 11.5 Å². The maximum atomic E-state index is 12.1. The van der Waals surface area contributed by atoms with E-state index in [1.54, 1.807) is 19.6 Å². The molecule has 2 aromatic heterocycles. The number of ether oxygens (including phenoxy) is 1. The van der Waals surface area contributed by atoms with Crippen molar-refractivity contribution in [3.63, 3.8) is 0 Å². The van der Waals surface area contributed by atoms with Crippen molar-refractivity contribution in [3.8, 4) is 5.75 Å². The Kier molecular flexibility index (Phi) is 6.16. The highest BCUT2D eigenvalue weighted by Gasteiger charge is 2.29. The first kappa shape index (κ1) is 21.0. The number of methoxy groups -OCH3 is 1. The Morgan fingerprint density at radius 2 is 2.17 bits per heavy atom. The van der Waals surface area contributed by atoms with Gasteiger partial charge in [0.1, 0.15) is 5.75 Å². The normalized spacial score (nSPS) is 17.9. The van der Waals surface area contributed by atoms with Crippen LogP contribution in [0.2, 0.25) is 0 Å². The fraction of sp³-hybridized carbons (Fsp3) is 0.450. The van der Waals surface area contributed by atoms with Crippen LogP contribution in [0.15, 0.2) is 41.1 Å². The first-order chi connectivity index (χ1) is 14.4. The number of rotatable bonds is 7. The van der Waals surface area contributed by atoms with E-state index in [0.717, 1.165) is 55.3 Å². The molecular weight excluding hydrogens is 422 g/mol. The lowest BCUT2D eigenvalue weighted by Gasteiger charge is -2.32. The zero-order valence-corrected chi connectivity index (χ0v) is 18.7. The molecule has 0 radical (unpaired) electrons. The van der Waals surface area contributed by atoms with Crippen molar-refractivity contribution in [2.75, 3.05) is 26.5 Å². The van der Waals surface area contributed by atoms with Crippen LogP contribution in [0.25, 0.3) is 0 Å². The summed E-state index contributed by atoms with van der Waals surface area (Å²) in [4.78, 5) is 6.47. The molecule has 0 N–H and O–H groups in total. The number of nitrogens with zero attached hydrogens (tertiary/aromatic N) is 5. The highest BCUT2D eigenvalue weighted by Crippen LogP contribution is 2.32.